The average molecular weight is 259 g/mol. The Morgan fingerprint density at radius 1 is 1.33 bits per heavy atom. The highest BCUT2D eigenvalue weighted by molar-refractivity contribution is 5.77. The maximum absolute atomic E-state index is 13.6. The molecule has 100 valence electrons. The van der Waals surface area contributed by atoms with E-state index in [-0.39, 0.29) is 12.1 Å². The number of nitrogens with one attached hydrogen (secondary N) is 1. The standard InChI is InChI=1S/C12H15F2NO3/c1-17-7-6-15-11(12(16)18-2)10-8(13)4-3-5-9(10)14/h3-5,11,15H,6-7H2,1-2H3. The molecule has 1 rings (SSSR count). The number of halogens is 2. The van der Waals surface area contributed by atoms with Crippen molar-refractivity contribution in [2.45, 2.75) is 6.04 Å². The zero-order valence-corrected chi connectivity index (χ0v) is 10.2. The minimum absolute atomic E-state index is 0.268. The Morgan fingerprint density at radius 3 is 2.44 bits per heavy atom. The largest absolute Gasteiger partial charge is 0.468 e. The third-order valence-electron chi connectivity index (χ3n) is 2.38. The summed E-state index contributed by atoms with van der Waals surface area (Å²) in [6.07, 6.45) is 0. The van der Waals surface area contributed by atoms with Crippen LogP contribution in [0.15, 0.2) is 18.2 Å². The van der Waals surface area contributed by atoms with Gasteiger partial charge < -0.3 is 9.47 Å². The molecule has 6 heteroatoms. The molecule has 0 aromatic heterocycles. The molecule has 4 nitrogen and oxygen atoms in total. The molecule has 18 heavy (non-hydrogen) atoms. The van der Waals surface area contributed by atoms with Gasteiger partial charge in [0.25, 0.3) is 0 Å². The van der Waals surface area contributed by atoms with Crippen molar-refractivity contribution in [3.05, 3.63) is 35.4 Å². The van der Waals surface area contributed by atoms with Crippen molar-refractivity contribution < 1.29 is 23.0 Å². The van der Waals surface area contributed by atoms with E-state index >= 15 is 0 Å². The molecule has 1 unspecified atom stereocenters. The van der Waals surface area contributed by atoms with E-state index in [0.29, 0.717) is 6.61 Å². The smallest absolute Gasteiger partial charge is 0.327 e. The Kier molecular flexibility index (Phi) is 5.67. The SMILES string of the molecule is COCCNC(C(=O)OC)c1c(F)cccc1F. The van der Waals surface area contributed by atoms with Crippen LogP contribution in [0.3, 0.4) is 0 Å². The topological polar surface area (TPSA) is 47.6 Å². The summed E-state index contributed by atoms with van der Waals surface area (Å²) in [5.41, 5.74) is -0.347. The number of rotatable bonds is 6. The molecule has 0 aliphatic rings. The van der Waals surface area contributed by atoms with Crippen molar-refractivity contribution in [1.29, 1.82) is 0 Å². The Hall–Kier alpha value is -1.53. The van der Waals surface area contributed by atoms with Crippen LogP contribution in [0.2, 0.25) is 0 Å². The lowest BCUT2D eigenvalue weighted by atomic mass is 10.1. The first-order valence-electron chi connectivity index (χ1n) is 5.35. The lowest BCUT2D eigenvalue weighted by Gasteiger charge is -2.17. The molecule has 0 fully saturated rings. The van der Waals surface area contributed by atoms with Crippen molar-refractivity contribution in [2.24, 2.45) is 0 Å². The molecule has 0 radical (unpaired) electrons. The van der Waals surface area contributed by atoms with E-state index in [9.17, 15) is 13.6 Å². The van der Waals surface area contributed by atoms with Crippen LogP contribution in [-0.2, 0) is 14.3 Å². The van der Waals surface area contributed by atoms with Crippen LogP contribution in [0.25, 0.3) is 0 Å². The Labute approximate surface area is 104 Å². The van der Waals surface area contributed by atoms with Gasteiger partial charge in [-0.1, -0.05) is 6.07 Å². The molecular weight excluding hydrogens is 244 g/mol. The quantitative estimate of drug-likeness (QED) is 0.620. The minimum atomic E-state index is -1.19. The predicted molar refractivity (Wildman–Crippen MR) is 61.0 cm³/mol. The zero-order valence-electron chi connectivity index (χ0n) is 10.2. The molecule has 0 saturated heterocycles. The number of hydrogen-bond donors (Lipinski definition) is 1. The highest BCUT2D eigenvalue weighted by Gasteiger charge is 2.27. The number of benzene rings is 1. The van der Waals surface area contributed by atoms with Crippen molar-refractivity contribution in [1.82, 2.24) is 5.32 Å². The molecule has 0 heterocycles. The fraction of sp³-hybridized carbons (Fsp3) is 0.417. The normalized spacial score (nSPS) is 12.2. The summed E-state index contributed by atoms with van der Waals surface area (Å²) in [6, 6.07) is 2.22. The molecule has 0 aliphatic heterocycles. The third kappa shape index (κ3) is 3.48. The van der Waals surface area contributed by atoms with Gasteiger partial charge in [-0.25, -0.2) is 13.6 Å². The van der Waals surface area contributed by atoms with E-state index in [1.807, 2.05) is 0 Å². The van der Waals surface area contributed by atoms with Crippen LogP contribution in [0, 0.1) is 11.6 Å². The van der Waals surface area contributed by atoms with Crippen molar-refractivity contribution in [2.75, 3.05) is 27.4 Å². The van der Waals surface area contributed by atoms with E-state index in [4.69, 9.17) is 4.74 Å². The molecular formula is C12H15F2NO3. The lowest BCUT2D eigenvalue weighted by Crippen LogP contribution is -2.33. The molecule has 0 aliphatic carbocycles. The maximum Gasteiger partial charge on any atom is 0.327 e. The second-order valence-corrected chi connectivity index (χ2v) is 3.54. The first-order chi connectivity index (χ1) is 8.61. The number of carbonyl (C=O) groups is 1. The molecule has 0 amide bonds. The van der Waals surface area contributed by atoms with Gasteiger partial charge in [-0.2, -0.15) is 0 Å². The predicted octanol–water partition coefficient (Wildman–Crippen LogP) is 1.41. The van der Waals surface area contributed by atoms with E-state index in [1.54, 1.807) is 0 Å². The second kappa shape index (κ2) is 7.03. The summed E-state index contributed by atoms with van der Waals surface area (Å²) >= 11 is 0. The van der Waals surface area contributed by atoms with Crippen molar-refractivity contribution in [3.8, 4) is 0 Å². The van der Waals surface area contributed by atoms with Gasteiger partial charge in [0, 0.05) is 13.7 Å². The van der Waals surface area contributed by atoms with Crippen molar-refractivity contribution in [3.63, 3.8) is 0 Å². The number of hydrogen-bond acceptors (Lipinski definition) is 4. The molecule has 1 N–H and O–H groups in total. The first kappa shape index (κ1) is 14.5. The van der Waals surface area contributed by atoms with Gasteiger partial charge in [0.05, 0.1) is 19.3 Å². The molecule has 1 aromatic carbocycles. The van der Waals surface area contributed by atoms with E-state index < -0.39 is 23.6 Å². The summed E-state index contributed by atoms with van der Waals surface area (Å²) in [5, 5.41) is 2.69. The first-order valence-corrected chi connectivity index (χ1v) is 5.35. The van der Waals surface area contributed by atoms with Gasteiger partial charge in [0.1, 0.15) is 17.7 Å². The fourth-order valence-electron chi connectivity index (χ4n) is 1.51. The number of carbonyl (C=O) groups excluding carboxylic acids is 1. The minimum Gasteiger partial charge on any atom is -0.468 e. The number of esters is 1. The summed E-state index contributed by atoms with van der Waals surface area (Å²) in [4.78, 5) is 11.6. The third-order valence-corrected chi connectivity index (χ3v) is 2.38. The van der Waals surface area contributed by atoms with Crippen molar-refractivity contribution >= 4 is 5.97 Å². The summed E-state index contributed by atoms with van der Waals surface area (Å²) in [5.74, 6) is -2.35. The summed E-state index contributed by atoms with van der Waals surface area (Å²) < 4.78 is 36.5. The zero-order chi connectivity index (χ0) is 13.5. The van der Waals surface area contributed by atoms with Gasteiger partial charge in [-0.3, -0.25) is 5.32 Å². The Bertz CT molecular complexity index is 392. The van der Waals surface area contributed by atoms with Crippen LogP contribution in [-0.4, -0.2) is 33.3 Å². The average Bonchev–Trinajstić information content (AvgIpc) is 2.36. The van der Waals surface area contributed by atoms with E-state index in [1.165, 1.54) is 13.2 Å². The second-order valence-electron chi connectivity index (χ2n) is 3.54. The molecule has 1 atom stereocenters. The van der Waals surface area contributed by atoms with Gasteiger partial charge in [0.15, 0.2) is 0 Å². The van der Waals surface area contributed by atoms with Crippen LogP contribution >= 0.6 is 0 Å². The van der Waals surface area contributed by atoms with Gasteiger partial charge in [-0.15, -0.1) is 0 Å². The molecule has 0 spiro atoms. The van der Waals surface area contributed by atoms with Gasteiger partial charge in [-0.05, 0) is 12.1 Å². The Balaban J connectivity index is 2.98. The van der Waals surface area contributed by atoms with E-state index in [2.05, 4.69) is 10.1 Å². The number of methoxy groups -OCH3 is 2. The monoisotopic (exact) mass is 259 g/mol. The lowest BCUT2D eigenvalue weighted by molar-refractivity contribution is -0.143. The highest BCUT2D eigenvalue weighted by Crippen LogP contribution is 2.21. The highest BCUT2D eigenvalue weighted by atomic mass is 19.1. The molecule has 1 aromatic rings. The van der Waals surface area contributed by atoms with Gasteiger partial charge in [0.2, 0.25) is 0 Å². The van der Waals surface area contributed by atoms with Crippen LogP contribution in [0.1, 0.15) is 11.6 Å². The van der Waals surface area contributed by atoms with E-state index in [0.717, 1.165) is 19.2 Å². The van der Waals surface area contributed by atoms with Crippen LogP contribution in [0.4, 0.5) is 8.78 Å². The maximum atomic E-state index is 13.6. The number of ether oxygens (including phenoxy) is 2. The van der Waals surface area contributed by atoms with Gasteiger partial charge >= 0.3 is 5.97 Å². The van der Waals surface area contributed by atoms with Crippen LogP contribution in [0.5, 0.6) is 0 Å². The summed E-state index contributed by atoms with van der Waals surface area (Å²) in [6.45, 7) is 0.577. The molecule has 0 saturated carbocycles. The Morgan fingerprint density at radius 2 is 1.94 bits per heavy atom. The van der Waals surface area contributed by atoms with Crippen LogP contribution < -0.4 is 5.32 Å². The fourth-order valence-corrected chi connectivity index (χ4v) is 1.51. The summed E-state index contributed by atoms with van der Waals surface area (Å²) in [7, 11) is 2.64. The molecule has 0 bridgehead atoms.